The number of alkyl halides is 2. The van der Waals surface area contributed by atoms with E-state index in [1.54, 1.807) is 83.1 Å². The summed E-state index contributed by atoms with van der Waals surface area (Å²) in [7, 11) is 1.66. The second-order valence-electron chi connectivity index (χ2n) is 28.2. The summed E-state index contributed by atoms with van der Waals surface area (Å²) in [6.45, 7) is 22.2. The topological polar surface area (TPSA) is 432 Å². The monoisotopic (exact) mass is 1690 g/mol. The van der Waals surface area contributed by atoms with E-state index in [1.165, 1.54) is 49.4 Å². The third kappa shape index (κ3) is 39.6. The van der Waals surface area contributed by atoms with E-state index in [4.69, 9.17) is 54.6 Å². The van der Waals surface area contributed by atoms with Crippen molar-refractivity contribution < 1.29 is 127 Å². The Morgan fingerprint density at radius 1 is 0.505 bits per heavy atom. The normalized spacial score (nSPS) is 20.3. The lowest BCUT2D eigenvalue weighted by Crippen LogP contribution is -2.62. The third-order valence-corrected chi connectivity index (χ3v) is 17.4. The zero-order valence-corrected chi connectivity index (χ0v) is 68.8. The van der Waals surface area contributed by atoms with Crippen LogP contribution in [-0.4, -0.2) is 260 Å². The van der Waals surface area contributed by atoms with Crippen molar-refractivity contribution in [1.29, 1.82) is 0 Å². The minimum absolute atomic E-state index is 0.0876. The van der Waals surface area contributed by atoms with Crippen LogP contribution >= 0.6 is 31.9 Å². The number of halogens is 2. The van der Waals surface area contributed by atoms with Crippen LogP contribution < -0.4 is 5.73 Å². The molecule has 4 saturated heterocycles. The van der Waals surface area contributed by atoms with Crippen LogP contribution in [0.2, 0.25) is 0 Å². The number of ether oxygens (including phenoxy) is 9. The van der Waals surface area contributed by atoms with E-state index in [2.05, 4.69) is 71.5 Å². The quantitative estimate of drug-likeness (QED) is 0.0174. The van der Waals surface area contributed by atoms with Gasteiger partial charge in [0.25, 0.3) is 10.1 Å². The first-order valence-electron chi connectivity index (χ1n) is 33.8. The minimum atomic E-state index is -3.63. The summed E-state index contributed by atoms with van der Waals surface area (Å²) in [5.74, 6) is -1.44. The molecule has 3 aromatic carbocycles. The highest BCUT2D eigenvalue weighted by molar-refractivity contribution is 9.10. The molecule has 107 heavy (non-hydrogen) atoms. The molecule has 4 fully saturated rings. The highest BCUT2D eigenvalue weighted by atomic mass is 79.9. The van der Waals surface area contributed by atoms with Gasteiger partial charge in [0.2, 0.25) is 0 Å². The van der Waals surface area contributed by atoms with Crippen molar-refractivity contribution in [1.82, 2.24) is 19.6 Å². The van der Waals surface area contributed by atoms with Crippen molar-refractivity contribution in [2.24, 2.45) is 5.73 Å². The molecule has 7 rings (SSSR count). The maximum atomic E-state index is 12.1. The fourth-order valence-electron chi connectivity index (χ4n) is 9.91. The number of benzene rings is 3. The molecule has 0 saturated carbocycles. The first-order chi connectivity index (χ1) is 49.7. The van der Waals surface area contributed by atoms with Crippen molar-refractivity contribution in [3.8, 4) is 0 Å². The number of nitrogens with two attached hydrogens (primary N) is 1. The summed E-state index contributed by atoms with van der Waals surface area (Å²) in [5, 5.41) is 36.2. The van der Waals surface area contributed by atoms with Gasteiger partial charge in [-0.25, -0.2) is 23.4 Å². The largest absolute Gasteiger partial charge is 0.750 e. The number of esters is 4. The predicted molar refractivity (Wildman–Crippen MR) is 399 cm³/mol. The average Bonchev–Trinajstić information content (AvgIpc) is 0.795. The molecule has 3 aromatic rings. The lowest BCUT2D eigenvalue weighted by Gasteiger charge is -2.47. The van der Waals surface area contributed by atoms with Crippen molar-refractivity contribution in [2.45, 2.75) is 215 Å². The summed E-state index contributed by atoms with van der Waals surface area (Å²) in [6.07, 6.45) is 0.278. The molecule has 4 aliphatic heterocycles. The Morgan fingerprint density at radius 3 is 1.14 bits per heavy atom. The number of aliphatic hydroxyl groups excluding tert-OH is 4. The number of nitrogens with zero attached hydrogens (tertiary/aromatic N) is 4. The molecule has 0 spiro atoms. The molecule has 0 aromatic heterocycles. The Balaban J connectivity index is 0.000000633. The summed E-state index contributed by atoms with van der Waals surface area (Å²) in [4.78, 5) is 96.5. The Labute approximate surface area is 647 Å². The van der Waals surface area contributed by atoms with E-state index in [-0.39, 0.29) is 87.8 Å². The summed E-state index contributed by atoms with van der Waals surface area (Å²) in [5.41, 5.74) is 6.14. The van der Waals surface area contributed by atoms with Gasteiger partial charge in [-0.15, -0.1) is 0 Å². The molecule has 0 radical (unpaired) electrons. The van der Waals surface area contributed by atoms with Gasteiger partial charge in [-0.1, -0.05) is 123 Å². The van der Waals surface area contributed by atoms with Gasteiger partial charge in [0.05, 0.1) is 110 Å². The second-order valence-corrected chi connectivity index (χ2v) is 32.7. The molecule has 0 aliphatic carbocycles. The highest BCUT2D eigenvalue weighted by Crippen LogP contribution is 2.33. The van der Waals surface area contributed by atoms with Crippen LogP contribution in [0.5, 0.6) is 0 Å². The third-order valence-electron chi connectivity index (χ3n) is 15.0. The van der Waals surface area contributed by atoms with E-state index < -0.39 is 102 Å². The van der Waals surface area contributed by atoms with Crippen molar-refractivity contribution in [3.63, 3.8) is 0 Å². The molecule has 6 N–H and O–H groups in total. The molecule has 3 unspecified atom stereocenters. The van der Waals surface area contributed by atoms with Crippen molar-refractivity contribution in [2.75, 3.05) is 74.3 Å². The van der Waals surface area contributed by atoms with Gasteiger partial charge in [0.15, 0.2) is 0 Å². The molecule has 4 aliphatic rings. The van der Waals surface area contributed by atoms with Crippen LogP contribution in [0.4, 0.5) is 19.2 Å². The molecule has 2 amide bonds. The Morgan fingerprint density at radius 2 is 0.832 bits per heavy atom. The molecular weight excluding hydrogens is 1580 g/mol. The fourth-order valence-corrected chi connectivity index (χ4v) is 12.2. The molecule has 608 valence electrons. The minimum Gasteiger partial charge on any atom is -0.750 e. The second kappa shape index (κ2) is 48.2. The van der Waals surface area contributed by atoms with E-state index in [1.807, 2.05) is 83.8 Å². The van der Waals surface area contributed by atoms with E-state index in [0.29, 0.717) is 38.8 Å². The lowest BCUT2D eigenvalue weighted by molar-refractivity contribution is -0.168. The van der Waals surface area contributed by atoms with Gasteiger partial charge in [-0.3, -0.25) is 47.1 Å². The summed E-state index contributed by atoms with van der Waals surface area (Å²) in [6, 6.07) is 28.1. The number of hydrogen-bond acceptors (Lipinski definition) is 30. The van der Waals surface area contributed by atoms with Crippen LogP contribution in [0.1, 0.15) is 132 Å². The van der Waals surface area contributed by atoms with Crippen LogP contribution in [-0.2, 0) is 111 Å². The standard InChI is InChI=1S/C14H17NO4.C12H17NO2.C11H21NO8S2.C10H19NO4.C10H18O5.C7H10Br2O4.C7H9N/c1-18-13(16)11-8-12(14(17)19-2)15(11)9-10-6-4-3-5-7-10;14-8-11-6-12(9-15)13(11)7-10-4-2-1-3-5-10;1-11(2,3)20-10(13)12-8(6-18-21(14)15)5-9(12)7-19-22(4,16)17;1-10(2,3)15-9(14)11-7(5-12)4-8(11)6-13;1-9(2,3)14-7(11)13-8(12)15-10(4,5)6;1-12-6(10)4(8)3-5(9)7(11)13-2;8-6-7-4-2-1-3-5-7/h3-7,11-12H,8-9H2,1-2H3;1-5,11-12,14-15H,6-9H2;8-9H,5-7H2,1-4H3,(H,14,15);7-8,12-13H,4-6H2,1-3H3;1-6H3;4-5H,3H2,1-2H3;1-5H,6,8H2/p-1/t2*11-,12+;8-,9+;7-,8+;;;/m..1..../s1. The van der Waals surface area contributed by atoms with Crippen molar-refractivity contribution in [3.05, 3.63) is 108 Å². The van der Waals surface area contributed by atoms with Gasteiger partial charge >= 0.3 is 48.4 Å². The maximum absolute atomic E-state index is 12.1. The molecule has 0 bridgehead atoms. The SMILES string of the molecule is CC(C)(C)OC(=O)N1[C@H](CO)C[C@@H]1CO.CC(C)(C)OC(=O)N1[C@H](COS(C)(=O)=O)C[C@@H]1COS(=O)[O-].CC(C)(C)OC(=O)OC(=O)OC(C)(C)C.COC(=O)C(Br)CC(Br)C(=O)OC.COC(=O)[C@H]1C[C@@H](C(=O)OC)N1Cc1ccccc1.NCc1ccccc1.OC[C@@H]1C[C@H](CO)N1Cc1ccccc1. The first kappa shape index (κ1) is 98.5. The van der Waals surface area contributed by atoms with Gasteiger partial charge in [0.1, 0.15) is 44.1 Å². The number of carbonyl (C=O) groups is 8. The number of methoxy groups -OCH3 is 4. The number of rotatable bonds is 21. The van der Waals surface area contributed by atoms with Gasteiger partial charge < -0.3 is 73.3 Å². The van der Waals surface area contributed by atoms with Crippen LogP contribution in [0.3, 0.4) is 0 Å². The Bertz CT molecular complexity index is 3220. The molecule has 32 nitrogen and oxygen atoms in total. The Kier molecular flexibility index (Phi) is 44.4. The molecule has 36 heteroatoms. The Hall–Kier alpha value is -6.52. The smallest absolute Gasteiger partial charge is 0.519 e. The fraction of sp³-hybridized carbons (Fsp3) is 0.634. The number of carbonyl (C=O) groups excluding carboxylic acids is 8. The van der Waals surface area contributed by atoms with Gasteiger partial charge in [-0.2, -0.15) is 8.42 Å². The zero-order chi connectivity index (χ0) is 81.8. The van der Waals surface area contributed by atoms with Crippen molar-refractivity contribution >= 4 is 102 Å². The number of aliphatic hydroxyl groups is 4. The van der Waals surface area contributed by atoms with Crippen LogP contribution in [0.25, 0.3) is 0 Å². The lowest BCUT2D eigenvalue weighted by atomic mass is 9.91. The van der Waals surface area contributed by atoms with E-state index in [0.717, 1.165) is 24.8 Å². The number of likely N-dealkylation sites (tertiary alicyclic amines) is 4. The van der Waals surface area contributed by atoms with E-state index >= 15 is 0 Å². The van der Waals surface area contributed by atoms with Crippen LogP contribution in [0, 0.1) is 0 Å². The van der Waals surface area contributed by atoms with Gasteiger partial charge in [-0.05, 0) is 132 Å². The summed E-state index contributed by atoms with van der Waals surface area (Å²) < 4.78 is 94.6. The molecule has 11 atom stereocenters. The zero-order valence-electron chi connectivity index (χ0n) is 64.0. The van der Waals surface area contributed by atoms with E-state index in [9.17, 15) is 55.5 Å². The average molecular weight is 1690 g/mol. The first-order valence-corrected chi connectivity index (χ1v) is 38.5. The highest BCUT2D eigenvalue weighted by Gasteiger charge is 2.49. The van der Waals surface area contributed by atoms with Gasteiger partial charge in [0, 0.05) is 31.7 Å². The summed E-state index contributed by atoms with van der Waals surface area (Å²) >= 11 is 3.49. The van der Waals surface area contributed by atoms with Crippen LogP contribution in [0.15, 0.2) is 91.0 Å². The predicted octanol–water partition coefficient (Wildman–Crippen LogP) is 7.36. The maximum Gasteiger partial charge on any atom is 0.519 e. The molecular formula is C71H110Br2N5O27S2-. The number of amides is 2. The number of hydrogen-bond donors (Lipinski definition) is 5. The molecule has 4 heterocycles.